The quantitative estimate of drug-likeness (QED) is 0.370. The first-order valence-electron chi connectivity index (χ1n) is 9.41. The highest BCUT2D eigenvalue weighted by atomic mass is 35.5. The van der Waals surface area contributed by atoms with Crippen LogP contribution in [0.5, 0.6) is 17.2 Å². The van der Waals surface area contributed by atoms with E-state index in [0.29, 0.717) is 11.1 Å². The van der Waals surface area contributed by atoms with Crippen LogP contribution in [0, 0.1) is 5.82 Å². The molecular weight excluding hydrogens is 484 g/mol. The average molecular weight is 501 g/mol. The van der Waals surface area contributed by atoms with Gasteiger partial charge in [-0.25, -0.2) is 9.18 Å². The number of phenols is 1. The van der Waals surface area contributed by atoms with Gasteiger partial charge in [0.15, 0.2) is 6.61 Å². The van der Waals surface area contributed by atoms with Gasteiger partial charge in [-0.15, -0.1) is 0 Å². The molecule has 33 heavy (non-hydrogen) atoms. The Balaban J connectivity index is 1.89. The van der Waals surface area contributed by atoms with E-state index in [1.165, 1.54) is 31.4 Å². The van der Waals surface area contributed by atoms with Crippen molar-refractivity contribution in [1.82, 2.24) is 0 Å². The molecule has 0 aliphatic carbocycles. The summed E-state index contributed by atoms with van der Waals surface area (Å²) in [7, 11) is 1.23. The molecule has 5 nitrogen and oxygen atoms in total. The Bertz CT molecular complexity index is 1150. The standard InChI is InChI=1S/C23H17Cl2F3O5/c1-31-22(30)11-32-15-9-19(24)18(20(25)10-15)5-12-2-3-21(29)17(4-12)13-6-14(26)8-16(7-13)33-23(27)28/h2-4,6-10,23,29H,5,11H2,1H3. The van der Waals surface area contributed by atoms with E-state index < -0.39 is 18.4 Å². The fraction of sp³-hybridized carbons (Fsp3) is 0.174. The number of benzene rings is 3. The number of rotatable bonds is 8. The molecule has 3 aromatic carbocycles. The van der Waals surface area contributed by atoms with Crippen molar-refractivity contribution in [2.75, 3.05) is 13.7 Å². The highest BCUT2D eigenvalue weighted by Crippen LogP contribution is 2.36. The minimum Gasteiger partial charge on any atom is -0.507 e. The van der Waals surface area contributed by atoms with Gasteiger partial charge in [-0.2, -0.15) is 8.78 Å². The van der Waals surface area contributed by atoms with Crippen LogP contribution in [0.15, 0.2) is 48.5 Å². The second-order valence-electron chi connectivity index (χ2n) is 6.81. The van der Waals surface area contributed by atoms with E-state index in [1.54, 1.807) is 12.1 Å². The summed E-state index contributed by atoms with van der Waals surface area (Å²) in [6.45, 7) is -3.43. The van der Waals surface area contributed by atoms with E-state index in [0.717, 1.165) is 12.1 Å². The summed E-state index contributed by atoms with van der Waals surface area (Å²) in [5.74, 6) is -1.66. The molecule has 0 saturated carbocycles. The normalized spacial score (nSPS) is 10.9. The van der Waals surface area contributed by atoms with Gasteiger partial charge in [0.2, 0.25) is 0 Å². The molecule has 3 rings (SSSR count). The summed E-state index contributed by atoms with van der Waals surface area (Å²) in [6, 6.07) is 10.7. The molecule has 10 heteroatoms. The summed E-state index contributed by atoms with van der Waals surface area (Å²) in [5.41, 5.74) is 1.54. The number of carbonyl (C=O) groups excluding carboxylic acids is 1. The van der Waals surface area contributed by atoms with Crippen LogP contribution in [0.2, 0.25) is 10.0 Å². The fourth-order valence-corrected chi connectivity index (χ4v) is 3.65. The zero-order valence-corrected chi connectivity index (χ0v) is 18.6. The van der Waals surface area contributed by atoms with Crippen LogP contribution in [0.25, 0.3) is 11.1 Å². The van der Waals surface area contributed by atoms with Gasteiger partial charge >= 0.3 is 12.6 Å². The minimum absolute atomic E-state index is 0.147. The molecule has 0 fully saturated rings. The van der Waals surface area contributed by atoms with Crippen LogP contribution < -0.4 is 9.47 Å². The van der Waals surface area contributed by atoms with Crippen molar-refractivity contribution in [2.24, 2.45) is 0 Å². The van der Waals surface area contributed by atoms with Gasteiger partial charge in [-0.1, -0.05) is 29.3 Å². The molecule has 3 aromatic rings. The van der Waals surface area contributed by atoms with Gasteiger partial charge in [0.1, 0.15) is 23.1 Å². The van der Waals surface area contributed by atoms with Crippen LogP contribution in [0.3, 0.4) is 0 Å². The van der Waals surface area contributed by atoms with Gasteiger partial charge in [-0.05, 0) is 53.1 Å². The summed E-state index contributed by atoms with van der Waals surface area (Å²) in [5, 5.41) is 10.8. The Morgan fingerprint density at radius 2 is 1.73 bits per heavy atom. The summed E-state index contributed by atoms with van der Waals surface area (Å²) < 4.78 is 53.1. The number of phenolic OH excluding ortho intramolecular Hbond substituents is 1. The summed E-state index contributed by atoms with van der Waals surface area (Å²) in [4.78, 5) is 11.2. The third kappa shape index (κ3) is 6.46. The third-order valence-corrected chi connectivity index (χ3v) is 5.22. The molecule has 0 aliphatic heterocycles. The Morgan fingerprint density at radius 1 is 1.03 bits per heavy atom. The number of hydrogen-bond acceptors (Lipinski definition) is 5. The molecule has 0 aromatic heterocycles. The topological polar surface area (TPSA) is 65.0 Å². The molecule has 0 saturated heterocycles. The van der Waals surface area contributed by atoms with E-state index in [-0.39, 0.29) is 51.4 Å². The maximum absolute atomic E-state index is 13.9. The SMILES string of the molecule is COC(=O)COc1cc(Cl)c(Cc2ccc(O)c(-c3cc(F)cc(OC(F)F)c3)c2)c(Cl)c1. The molecule has 0 spiro atoms. The highest BCUT2D eigenvalue weighted by molar-refractivity contribution is 6.36. The number of halogens is 5. The maximum Gasteiger partial charge on any atom is 0.387 e. The lowest BCUT2D eigenvalue weighted by Gasteiger charge is -2.13. The number of carbonyl (C=O) groups is 1. The van der Waals surface area contributed by atoms with E-state index >= 15 is 0 Å². The molecule has 0 amide bonds. The lowest BCUT2D eigenvalue weighted by atomic mass is 9.98. The molecule has 174 valence electrons. The van der Waals surface area contributed by atoms with Gasteiger partial charge in [0.05, 0.1) is 7.11 Å². The number of hydrogen-bond donors (Lipinski definition) is 1. The Morgan fingerprint density at radius 3 is 2.36 bits per heavy atom. The van der Waals surface area contributed by atoms with Crippen molar-refractivity contribution in [3.63, 3.8) is 0 Å². The van der Waals surface area contributed by atoms with Crippen LogP contribution in [0.4, 0.5) is 13.2 Å². The van der Waals surface area contributed by atoms with Gasteiger partial charge < -0.3 is 19.3 Å². The van der Waals surface area contributed by atoms with Crippen molar-refractivity contribution in [1.29, 1.82) is 0 Å². The molecule has 0 aliphatic rings. The second-order valence-corrected chi connectivity index (χ2v) is 7.63. The number of methoxy groups -OCH3 is 1. The van der Waals surface area contributed by atoms with Gasteiger partial charge in [-0.3, -0.25) is 0 Å². The largest absolute Gasteiger partial charge is 0.507 e. The van der Waals surface area contributed by atoms with Gasteiger partial charge in [0, 0.05) is 28.1 Å². The van der Waals surface area contributed by atoms with Crippen LogP contribution >= 0.6 is 23.2 Å². The molecule has 1 N–H and O–H groups in total. The molecule has 0 radical (unpaired) electrons. The molecule has 0 atom stereocenters. The summed E-state index contributed by atoms with van der Waals surface area (Å²) >= 11 is 12.7. The van der Waals surface area contributed by atoms with Crippen molar-refractivity contribution in [3.05, 3.63) is 75.5 Å². The van der Waals surface area contributed by atoms with Crippen LogP contribution in [-0.4, -0.2) is 31.4 Å². The number of aromatic hydroxyl groups is 1. The van der Waals surface area contributed by atoms with E-state index in [2.05, 4.69) is 9.47 Å². The van der Waals surface area contributed by atoms with Crippen molar-refractivity contribution in [2.45, 2.75) is 13.0 Å². The van der Waals surface area contributed by atoms with Crippen LogP contribution in [-0.2, 0) is 16.0 Å². The molecule has 0 bridgehead atoms. The summed E-state index contributed by atoms with van der Waals surface area (Å²) in [6.07, 6.45) is 0.234. The number of esters is 1. The molecule has 0 heterocycles. The lowest BCUT2D eigenvalue weighted by molar-refractivity contribution is -0.142. The first-order chi connectivity index (χ1) is 15.7. The predicted octanol–water partition coefficient (Wildman–Crippen LogP) is 6.25. The average Bonchev–Trinajstić information content (AvgIpc) is 2.74. The first kappa shape index (κ1) is 24.5. The Kier molecular flexibility index (Phi) is 7.94. The Hall–Kier alpha value is -3.10. The first-order valence-corrected chi connectivity index (χ1v) is 10.2. The maximum atomic E-state index is 13.9. The predicted molar refractivity (Wildman–Crippen MR) is 117 cm³/mol. The van der Waals surface area contributed by atoms with Gasteiger partial charge in [0.25, 0.3) is 0 Å². The van der Waals surface area contributed by atoms with E-state index in [4.69, 9.17) is 27.9 Å². The second kappa shape index (κ2) is 10.7. The van der Waals surface area contributed by atoms with Crippen molar-refractivity contribution < 1.29 is 37.3 Å². The third-order valence-electron chi connectivity index (χ3n) is 4.55. The monoisotopic (exact) mass is 500 g/mol. The molecular formula is C23H17Cl2F3O5. The highest BCUT2D eigenvalue weighted by Gasteiger charge is 2.15. The van der Waals surface area contributed by atoms with Crippen molar-refractivity contribution >= 4 is 29.2 Å². The molecule has 0 unspecified atom stereocenters. The van der Waals surface area contributed by atoms with Crippen LogP contribution in [0.1, 0.15) is 11.1 Å². The van der Waals surface area contributed by atoms with Crippen molar-refractivity contribution in [3.8, 4) is 28.4 Å². The lowest BCUT2D eigenvalue weighted by Crippen LogP contribution is -2.12. The zero-order valence-electron chi connectivity index (χ0n) is 17.1. The van der Waals surface area contributed by atoms with E-state index in [9.17, 15) is 23.1 Å². The fourth-order valence-electron chi connectivity index (χ4n) is 3.05. The number of ether oxygens (including phenoxy) is 3. The van der Waals surface area contributed by atoms with E-state index in [1.807, 2.05) is 0 Å². The minimum atomic E-state index is -3.12. The zero-order chi connectivity index (χ0) is 24.1. The Labute approximate surface area is 197 Å². The number of alkyl halides is 2. The smallest absolute Gasteiger partial charge is 0.387 e.